The number of sulfonamides is 1. The number of amides is 1. The van der Waals surface area contributed by atoms with Gasteiger partial charge >= 0.3 is 0 Å². The van der Waals surface area contributed by atoms with Crippen LogP contribution in [0, 0.1) is 0 Å². The number of hydrogen-bond acceptors (Lipinski definition) is 5. The van der Waals surface area contributed by atoms with Crippen LogP contribution in [0.4, 0.5) is 5.69 Å². The van der Waals surface area contributed by atoms with Crippen LogP contribution < -0.4 is 16.0 Å². The molecule has 0 saturated carbocycles. The number of piperazine rings is 1. The van der Waals surface area contributed by atoms with Gasteiger partial charge in [0.15, 0.2) is 0 Å². The Morgan fingerprint density at radius 1 is 0.903 bits per heavy atom. The summed E-state index contributed by atoms with van der Waals surface area (Å²) in [5.74, 6) is -0.150. The first-order valence-electron chi connectivity index (χ1n) is 10.3. The second kappa shape index (κ2) is 9.05. The summed E-state index contributed by atoms with van der Waals surface area (Å²) in [5, 5.41) is 4.68. The number of carbonyl (C=O) groups is 1. The molecule has 162 valence electrons. The lowest BCUT2D eigenvalue weighted by Crippen LogP contribution is -2.48. The molecular formula is C23H26N4O3S. The minimum Gasteiger partial charge on any atom is -0.369 e. The first kappa shape index (κ1) is 21.3. The number of benzene rings is 3. The molecule has 3 N–H and O–H groups in total. The molecule has 0 spiro atoms. The Morgan fingerprint density at radius 3 is 2.26 bits per heavy atom. The largest absolute Gasteiger partial charge is 0.369 e. The molecule has 0 atom stereocenters. The number of nitrogens with two attached hydrogens (primary N) is 1. The van der Waals surface area contributed by atoms with Gasteiger partial charge in [-0.15, -0.1) is 0 Å². The SMILES string of the molecule is NCCNC(=O)c1ccc(N2CCN(S(=O)(=O)c3ccc4ccccc4c3)CC2)cc1. The van der Waals surface area contributed by atoms with E-state index in [1.807, 2.05) is 42.5 Å². The van der Waals surface area contributed by atoms with Crippen LogP contribution in [0.15, 0.2) is 71.6 Å². The van der Waals surface area contributed by atoms with Crippen LogP contribution in [0.25, 0.3) is 10.8 Å². The van der Waals surface area contributed by atoms with Crippen molar-refractivity contribution in [2.75, 3.05) is 44.2 Å². The van der Waals surface area contributed by atoms with Gasteiger partial charge in [-0.1, -0.05) is 30.3 Å². The van der Waals surface area contributed by atoms with E-state index in [0.717, 1.165) is 16.5 Å². The van der Waals surface area contributed by atoms with Gasteiger partial charge in [-0.05, 0) is 47.2 Å². The monoisotopic (exact) mass is 438 g/mol. The third-order valence-corrected chi connectivity index (χ3v) is 7.42. The van der Waals surface area contributed by atoms with Crippen molar-refractivity contribution in [3.8, 4) is 0 Å². The zero-order chi connectivity index (χ0) is 21.8. The Morgan fingerprint density at radius 2 is 1.58 bits per heavy atom. The van der Waals surface area contributed by atoms with E-state index in [0.29, 0.717) is 49.7 Å². The van der Waals surface area contributed by atoms with Crippen molar-refractivity contribution in [2.24, 2.45) is 5.73 Å². The predicted molar refractivity (Wildman–Crippen MR) is 123 cm³/mol. The van der Waals surface area contributed by atoms with Crippen molar-refractivity contribution < 1.29 is 13.2 Å². The van der Waals surface area contributed by atoms with Gasteiger partial charge in [-0.25, -0.2) is 8.42 Å². The molecular weight excluding hydrogens is 412 g/mol. The fraction of sp³-hybridized carbons (Fsp3) is 0.261. The second-order valence-corrected chi connectivity index (χ2v) is 9.43. The standard InChI is InChI=1S/C23H26N4O3S/c24-11-12-25-23(28)19-5-8-21(9-6-19)26-13-15-27(16-14-26)31(29,30)22-10-7-18-3-1-2-4-20(18)17-22/h1-10,17H,11-16,24H2,(H,25,28). The quantitative estimate of drug-likeness (QED) is 0.614. The molecule has 0 aliphatic carbocycles. The van der Waals surface area contributed by atoms with Crippen LogP contribution in [0.5, 0.6) is 0 Å². The van der Waals surface area contributed by atoms with E-state index in [2.05, 4.69) is 10.2 Å². The molecule has 1 saturated heterocycles. The molecule has 0 radical (unpaired) electrons. The molecule has 7 nitrogen and oxygen atoms in total. The van der Waals surface area contributed by atoms with Crippen LogP contribution in [0.3, 0.4) is 0 Å². The van der Waals surface area contributed by atoms with Gasteiger partial charge in [-0.2, -0.15) is 4.31 Å². The molecule has 3 aromatic carbocycles. The highest BCUT2D eigenvalue weighted by molar-refractivity contribution is 7.89. The molecule has 0 unspecified atom stereocenters. The summed E-state index contributed by atoms with van der Waals surface area (Å²) >= 11 is 0. The van der Waals surface area contributed by atoms with Crippen molar-refractivity contribution in [1.82, 2.24) is 9.62 Å². The van der Waals surface area contributed by atoms with Gasteiger partial charge < -0.3 is 16.0 Å². The smallest absolute Gasteiger partial charge is 0.251 e. The maximum atomic E-state index is 13.1. The summed E-state index contributed by atoms with van der Waals surface area (Å²) in [6.45, 7) is 2.84. The molecule has 4 rings (SSSR count). The Labute approximate surface area is 182 Å². The summed E-state index contributed by atoms with van der Waals surface area (Å²) in [5.41, 5.74) is 6.96. The number of rotatable bonds is 6. The lowest BCUT2D eigenvalue weighted by Gasteiger charge is -2.35. The number of carbonyl (C=O) groups excluding carboxylic acids is 1. The van der Waals surface area contributed by atoms with E-state index >= 15 is 0 Å². The van der Waals surface area contributed by atoms with Gasteiger partial charge in [-0.3, -0.25) is 4.79 Å². The zero-order valence-electron chi connectivity index (χ0n) is 17.2. The van der Waals surface area contributed by atoms with Gasteiger partial charge in [0.25, 0.3) is 5.91 Å². The van der Waals surface area contributed by atoms with Crippen LogP contribution in [-0.2, 0) is 10.0 Å². The molecule has 1 aliphatic rings. The highest BCUT2D eigenvalue weighted by Crippen LogP contribution is 2.24. The van der Waals surface area contributed by atoms with E-state index in [1.54, 1.807) is 28.6 Å². The summed E-state index contributed by atoms with van der Waals surface area (Å²) in [4.78, 5) is 14.5. The highest BCUT2D eigenvalue weighted by atomic mass is 32.2. The Bertz CT molecular complexity index is 1170. The third kappa shape index (κ3) is 4.56. The molecule has 1 fully saturated rings. The first-order chi connectivity index (χ1) is 15.0. The first-order valence-corrected chi connectivity index (χ1v) is 11.8. The molecule has 0 bridgehead atoms. The summed E-state index contributed by atoms with van der Waals surface area (Å²) < 4.78 is 27.8. The highest BCUT2D eigenvalue weighted by Gasteiger charge is 2.28. The normalized spacial score (nSPS) is 15.2. The van der Waals surface area contributed by atoms with Crippen molar-refractivity contribution in [3.05, 3.63) is 72.3 Å². The molecule has 31 heavy (non-hydrogen) atoms. The molecule has 1 aliphatic heterocycles. The second-order valence-electron chi connectivity index (χ2n) is 7.49. The van der Waals surface area contributed by atoms with Crippen molar-refractivity contribution >= 4 is 32.4 Å². The van der Waals surface area contributed by atoms with Crippen molar-refractivity contribution in [2.45, 2.75) is 4.90 Å². The van der Waals surface area contributed by atoms with E-state index in [-0.39, 0.29) is 5.91 Å². The minimum atomic E-state index is -3.54. The number of nitrogens with zero attached hydrogens (tertiary/aromatic N) is 2. The average Bonchev–Trinajstić information content (AvgIpc) is 2.82. The van der Waals surface area contributed by atoms with Crippen molar-refractivity contribution in [1.29, 1.82) is 0 Å². The fourth-order valence-electron chi connectivity index (χ4n) is 3.77. The summed E-state index contributed by atoms with van der Waals surface area (Å²) in [6, 6.07) is 20.4. The number of anilines is 1. The van der Waals surface area contributed by atoms with Gasteiger partial charge in [0.05, 0.1) is 4.90 Å². The lowest BCUT2D eigenvalue weighted by molar-refractivity contribution is 0.0954. The predicted octanol–water partition coefficient (Wildman–Crippen LogP) is 2.04. The zero-order valence-corrected chi connectivity index (χ0v) is 18.0. The number of fused-ring (bicyclic) bond motifs is 1. The maximum Gasteiger partial charge on any atom is 0.251 e. The van der Waals surface area contributed by atoms with E-state index < -0.39 is 10.0 Å². The van der Waals surface area contributed by atoms with Crippen LogP contribution >= 0.6 is 0 Å². The lowest BCUT2D eigenvalue weighted by atomic mass is 10.1. The average molecular weight is 439 g/mol. The van der Waals surface area contributed by atoms with Crippen LogP contribution in [0.2, 0.25) is 0 Å². The number of hydrogen-bond donors (Lipinski definition) is 2. The maximum absolute atomic E-state index is 13.1. The van der Waals surface area contributed by atoms with Crippen LogP contribution in [-0.4, -0.2) is 57.9 Å². The Balaban J connectivity index is 1.42. The topological polar surface area (TPSA) is 95.7 Å². The minimum absolute atomic E-state index is 0.150. The van der Waals surface area contributed by atoms with Crippen molar-refractivity contribution in [3.63, 3.8) is 0 Å². The fourth-order valence-corrected chi connectivity index (χ4v) is 5.23. The molecule has 1 heterocycles. The summed E-state index contributed by atoms with van der Waals surface area (Å²) in [6.07, 6.45) is 0. The number of nitrogens with one attached hydrogen (secondary N) is 1. The molecule has 0 aromatic heterocycles. The molecule has 1 amide bonds. The van der Waals surface area contributed by atoms with E-state index in [4.69, 9.17) is 5.73 Å². The third-order valence-electron chi connectivity index (χ3n) is 5.52. The Kier molecular flexibility index (Phi) is 6.22. The van der Waals surface area contributed by atoms with Crippen LogP contribution in [0.1, 0.15) is 10.4 Å². The van der Waals surface area contributed by atoms with E-state index in [9.17, 15) is 13.2 Å². The molecule has 8 heteroatoms. The molecule has 3 aromatic rings. The van der Waals surface area contributed by atoms with Gasteiger partial charge in [0.1, 0.15) is 0 Å². The van der Waals surface area contributed by atoms with Gasteiger partial charge in [0.2, 0.25) is 10.0 Å². The summed E-state index contributed by atoms with van der Waals surface area (Å²) in [7, 11) is -3.54. The van der Waals surface area contributed by atoms with Gasteiger partial charge in [0, 0.05) is 50.5 Å². The van der Waals surface area contributed by atoms with E-state index in [1.165, 1.54) is 0 Å². The Hall–Kier alpha value is -2.94.